The van der Waals surface area contributed by atoms with Gasteiger partial charge in [-0.1, -0.05) is 31.5 Å². The van der Waals surface area contributed by atoms with E-state index in [1.165, 1.54) is 5.56 Å². The monoisotopic (exact) mass is 275 g/mol. The first-order chi connectivity index (χ1) is 9.60. The molecule has 0 bridgehead atoms. The summed E-state index contributed by atoms with van der Waals surface area (Å²) in [6, 6.07) is 8.55. The Bertz CT molecular complexity index is 461. The number of fused-ring (bicyclic) bond motifs is 1. The number of nitrogens with two attached hydrogens (primary N) is 1. The number of benzene rings is 1. The van der Waals surface area contributed by atoms with Gasteiger partial charge in [0.25, 0.3) is 0 Å². The number of rotatable bonds is 5. The number of carbonyl (C=O) groups is 1. The Morgan fingerprint density at radius 3 is 3.00 bits per heavy atom. The number of nitrogens with zero attached hydrogens (tertiary/aromatic N) is 1. The summed E-state index contributed by atoms with van der Waals surface area (Å²) in [6.45, 7) is 5.31. The van der Waals surface area contributed by atoms with Gasteiger partial charge in [-0.15, -0.1) is 0 Å². The molecule has 0 aliphatic carbocycles. The lowest BCUT2D eigenvalue weighted by atomic mass is 9.98. The molecular weight excluding hydrogens is 250 g/mol. The summed E-state index contributed by atoms with van der Waals surface area (Å²) in [5, 5.41) is 3.05. The highest BCUT2D eigenvalue weighted by molar-refractivity contribution is 5.82. The molecule has 0 spiro atoms. The first kappa shape index (κ1) is 14.9. The number of hydrogen-bond donors (Lipinski definition) is 2. The Hall–Kier alpha value is -1.55. The molecule has 1 aliphatic rings. The first-order valence-electron chi connectivity index (χ1n) is 7.48. The summed E-state index contributed by atoms with van der Waals surface area (Å²) in [6.07, 6.45) is 2.99. The van der Waals surface area contributed by atoms with Crippen LogP contribution in [0.15, 0.2) is 24.3 Å². The first-order valence-corrected chi connectivity index (χ1v) is 7.48. The lowest BCUT2D eigenvalue weighted by Gasteiger charge is -2.34. The number of carbonyl (C=O) groups excluding carboxylic acids is 1. The van der Waals surface area contributed by atoms with E-state index < -0.39 is 0 Å². The van der Waals surface area contributed by atoms with Crippen LogP contribution in [0.25, 0.3) is 0 Å². The van der Waals surface area contributed by atoms with Crippen molar-refractivity contribution in [1.82, 2.24) is 5.32 Å². The van der Waals surface area contributed by atoms with Crippen LogP contribution in [0.1, 0.15) is 32.3 Å². The molecule has 0 saturated heterocycles. The van der Waals surface area contributed by atoms with Gasteiger partial charge in [-0.3, -0.25) is 4.79 Å². The molecule has 4 nitrogen and oxygen atoms in total. The molecule has 1 aliphatic heterocycles. The van der Waals surface area contributed by atoms with E-state index in [-0.39, 0.29) is 18.0 Å². The molecule has 0 saturated carbocycles. The van der Waals surface area contributed by atoms with Gasteiger partial charge in [0.05, 0.1) is 6.54 Å². The molecule has 1 aromatic rings. The summed E-state index contributed by atoms with van der Waals surface area (Å²) in [5.41, 5.74) is 8.47. The van der Waals surface area contributed by atoms with Gasteiger partial charge in [0.2, 0.25) is 5.91 Å². The highest BCUT2D eigenvalue weighted by atomic mass is 16.2. The third-order valence-corrected chi connectivity index (χ3v) is 3.73. The molecule has 0 radical (unpaired) electrons. The van der Waals surface area contributed by atoms with Crippen molar-refractivity contribution in [2.45, 2.75) is 45.2 Å². The molecule has 4 heteroatoms. The second-order valence-electron chi connectivity index (χ2n) is 5.73. The number of nitrogens with one attached hydrogen (secondary N) is 1. The predicted octanol–water partition coefficient (Wildman–Crippen LogP) is 1.68. The van der Waals surface area contributed by atoms with Crippen molar-refractivity contribution < 1.29 is 4.79 Å². The van der Waals surface area contributed by atoms with Crippen molar-refractivity contribution in [2.24, 2.45) is 5.73 Å². The van der Waals surface area contributed by atoms with Gasteiger partial charge in [-0.2, -0.15) is 0 Å². The number of anilines is 1. The highest BCUT2D eigenvalue weighted by Crippen LogP contribution is 2.25. The molecule has 2 unspecified atom stereocenters. The van der Waals surface area contributed by atoms with Gasteiger partial charge < -0.3 is 16.0 Å². The van der Waals surface area contributed by atoms with E-state index in [9.17, 15) is 4.79 Å². The van der Waals surface area contributed by atoms with E-state index in [1.807, 2.05) is 12.1 Å². The van der Waals surface area contributed by atoms with Crippen LogP contribution in [-0.2, 0) is 11.2 Å². The molecule has 3 N–H and O–H groups in total. The van der Waals surface area contributed by atoms with E-state index in [0.717, 1.165) is 31.5 Å². The SMILES string of the molecule is CCCC(C)NC(=O)CN1CC(N)Cc2ccccc21. The van der Waals surface area contributed by atoms with Gasteiger partial charge in [0, 0.05) is 24.3 Å². The van der Waals surface area contributed by atoms with Crippen molar-refractivity contribution in [3.05, 3.63) is 29.8 Å². The fourth-order valence-corrected chi connectivity index (χ4v) is 2.87. The van der Waals surface area contributed by atoms with Crippen molar-refractivity contribution in [3.63, 3.8) is 0 Å². The molecule has 110 valence electrons. The average Bonchev–Trinajstić information content (AvgIpc) is 2.38. The molecule has 0 aromatic heterocycles. The summed E-state index contributed by atoms with van der Waals surface area (Å²) < 4.78 is 0. The van der Waals surface area contributed by atoms with Crippen LogP contribution in [0.4, 0.5) is 5.69 Å². The predicted molar refractivity (Wildman–Crippen MR) is 82.8 cm³/mol. The van der Waals surface area contributed by atoms with Crippen LogP contribution < -0.4 is 16.0 Å². The normalized spacial score (nSPS) is 19.4. The van der Waals surface area contributed by atoms with Crippen LogP contribution in [0.5, 0.6) is 0 Å². The van der Waals surface area contributed by atoms with E-state index >= 15 is 0 Å². The maximum Gasteiger partial charge on any atom is 0.239 e. The maximum absolute atomic E-state index is 12.1. The highest BCUT2D eigenvalue weighted by Gasteiger charge is 2.23. The lowest BCUT2D eigenvalue weighted by molar-refractivity contribution is -0.120. The van der Waals surface area contributed by atoms with Gasteiger partial charge in [-0.05, 0) is 31.4 Å². The van der Waals surface area contributed by atoms with Gasteiger partial charge in [0.1, 0.15) is 0 Å². The Labute approximate surface area is 121 Å². The largest absolute Gasteiger partial charge is 0.360 e. The van der Waals surface area contributed by atoms with E-state index in [1.54, 1.807) is 0 Å². The van der Waals surface area contributed by atoms with Crippen molar-refractivity contribution >= 4 is 11.6 Å². The van der Waals surface area contributed by atoms with E-state index in [2.05, 4.69) is 36.2 Å². The van der Waals surface area contributed by atoms with Crippen LogP contribution in [0, 0.1) is 0 Å². The fraction of sp³-hybridized carbons (Fsp3) is 0.562. The zero-order chi connectivity index (χ0) is 14.5. The topological polar surface area (TPSA) is 58.4 Å². The smallest absolute Gasteiger partial charge is 0.239 e. The minimum atomic E-state index is 0.0786. The summed E-state index contributed by atoms with van der Waals surface area (Å²) in [5.74, 6) is 0.0786. The second kappa shape index (κ2) is 6.75. The molecule has 1 aromatic carbocycles. The Balaban J connectivity index is 2.01. The maximum atomic E-state index is 12.1. The number of amides is 1. The minimum absolute atomic E-state index is 0.0786. The Morgan fingerprint density at radius 2 is 2.25 bits per heavy atom. The van der Waals surface area contributed by atoms with Crippen LogP contribution >= 0.6 is 0 Å². The van der Waals surface area contributed by atoms with E-state index in [0.29, 0.717) is 6.54 Å². The quantitative estimate of drug-likeness (QED) is 0.859. The van der Waals surface area contributed by atoms with Gasteiger partial charge in [-0.25, -0.2) is 0 Å². The third-order valence-electron chi connectivity index (χ3n) is 3.73. The van der Waals surface area contributed by atoms with Crippen LogP contribution in [0.3, 0.4) is 0 Å². The molecule has 1 amide bonds. The average molecular weight is 275 g/mol. The van der Waals surface area contributed by atoms with Gasteiger partial charge >= 0.3 is 0 Å². The summed E-state index contributed by atoms with van der Waals surface area (Å²) in [7, 11) is 0. The Morgan fingerprint density at radius 1 is 1.50 bits per heavy atom. The zero-order valence-corrected chi connectivity index (χ0v) is 12.4. The minimum Gasteiger partial charge on any atom is -0.360 e. The Kier molecular flexibility index (Phi) is 5.01. The van der Waals surface area contributed by atoms with Crippen molar-refractivity contribution in [3.8, 4) is 0 Å². The van der Waals surface area contributed by atoms with Crippen molar-refractivity contribution in [1.29, 1.82) is 0 Å². The number of para-hydroxylation sites is 1. The summed E-state index contributed by atoms with van der Waals surface area (Å²) >= 11 is 0. The standard InChI is InChI=1S/C16H25N3O/c1-3-6-12(2)18-16(20)11-19-10-14(17)9-13-7-4-5-8-15(13)19/h4-5,7-8,12,14H,3,6,9-11,17H2,1-2H3,(H,18,20). The molecule has 2 atom stereocenters. The van der Waals surface area contributed by atoms with Crippen LogP contribution in [-0.4, -0.2) is 31.1 Å². The zero-order valence-electron chi connectivity index (χ0n) is 12.4. The lowest BCUT2D eigenvalue weighted by Crippen LogP contribution is -2.48. The summed E-state index contributed by atoms with van der Waals surface area (Å²) in [4.78, 5) is 14.2. The number of hydrogen-bond acceptors (Lipinski definition) is 3. The molecule has 20 heavy (non-hydrogen) atoms. The van der Waals surface area contributed by atoms with E-state index in [4.69, 9.17) is 5.73 Å². The molecule has 2 rings (SSSR count). The third kappa shape index (κ3) is 3.73. The van der Waals surface area contributed by atoms with Gasteiger partial charge in [0.15, 0.2) is 0 Å². The van der Waals surface area contributed by atoms with Crippen molar-refractivity contribution in [2.75, 3.05) is 18.0 Å². The van der Waals surface area contributed by atoms with Crippen LogP contribution in [0.2, 0.25) is 0 Å². The second-order valence-corrected chi connectivity index (χ2v) is 5.73. The molecule has 0 fully saturated rings. The molecular formula is C16H25N3O. The molecule has 1 heterocycles. The fourth-order valence-electron chi connectivity index (χ4n) is 2.87.